The Hall–Kier alpha value is -2.26. The number of rotatable bonds is 2. The summed E-state index contributed by atoms with van der Waals surface area (Å²) in [7, 11) is 1.43. The van der Waals surface area contributed by atoms with Crippen molar-refractivity contribution in [1.29, 1.82) is 0 Å². The fourth-order valence-corrected chi connectivity index (χ4v) is 4.27. The maximum absolute atomic E-state index is 12.3. The zero-order valence-electron chi connectivity index (χ0n) is 14.3. The van der Waals surface area contributed by atoms with Gasteiger partial charge in [0.25, 0.3) is 0 Å². The molecule has 0 spiro atoms. The summed E-state index contributed by atoms with van der Waals surface area (Å²) in [5.41, 5.74) is 5.13. The van der Waals surface area contributed by atoms with Crippen molar-refractivity contribution in [2.24, 2.45) is 5.92 Å². The van der Waals surface area contributed by atoms with E-state index in [2.05, 4.69) is 36.5 Å². The van der Waals surface area contributed by atoms with Crippen molar-refractivity contribution in [2.45, 2.75) is 25.3 Å². The highest BCUT2D eigenvalue weighted by Gasteiger charge is 2.40. The van der Waals surface area contributed by atoms with E-state index in [1.807, 2.05) is 24.3 Å². The van der Waals surface area contributed by atoms with Gasteiger partial charge in [-0.3, -0.25) is 0 Å². The Balaban J connectivity index is 1.85. The molecule has 0 saturated heterocycles. The molecule has 0 saturated carbocycles. The second kappa shape index (κ2) is 6.23. The first kappa shape index (κ1) is 16.2. The predicted molar refractivity (Wildman–Crippen MR) is 100 cm³/mol. The first-order valence-electron chi connectivity index (χ1n) is 8.50. The number of ether oxygens (including phenoxy) is 1. The molecule has 2 aliphatic rings. The number of methoxy groups -OCH3 is 1. The van der Waals surface area contributed by atoms with E-state index in [4.69, 9.17) is 16.3 Å². The van der Waals surface area contributed by atoms with Crippen molar-refractivity contribution in [3.63, 3.8) is 0 Å². The largest absolute Gasteiger partial charge is 0.465 e. The molecule has 3 nitrogen and oxygen atoms in total. The Labute approximate surface area is 152 Å². The van der Waals surface area contributed by atoms with E-state index in [1.54, 1.807) is 0 Å². The van der Waals surface area contributed by atoms with Gasteiger partial charge in [0.1, 0.15) is 0 Å². The monoisotopic (exact) mass is 353 g/mol. The molecular weight excluding hydrogens is 334 g/mol. The van der Waals surface area contributed by atoms with Gasteiger partial charge >= 0.3 is 5.97 Å². The van der Waals surface area contributed by atoms with E-state index in [0.717, 1.165) is 28.3 Å². The van der Waals surface area contributed by atoms with Crippen LogP contribution >= 0.6 is 11.6 Å². The van der Waals surface area contributed by atoms with Crippen LogP contribution in [0.15, 0.2) is 48.6 Å². The minimum atomic E-state index is -0.276. The molecule has 1 aliphatic heterocycles. The van der Waals surface area contributed by atoms with Crippen molar-refractivity contribution >= 4 is 23.3 Å². The number of allylic oxidation sites excluding steroid dienone is 2. The third-order valence-corrected chi connectivity index (χ3v) is 5.61. The van der Waals surface area contributed by atoms with Gasteiger partial charge in [-0.05, 0) is 54.2 Å². The van der Waals surface area contributed by atoms with Gasteiger partial charge in [0.2, 0.25) is 0 Å². The van der Waals surface area contributed by atoms with Crippen LogP contribution in [0, 0.1) is 12.8 Å². The number of hydrogen-bond donors (Lipinski definition) is 1. The van der Waals surface area contributed by atoms with Crippen LogP contribution in [0.5, 0.6) is 0 Å². The van der Waals surface area contributed by atoms with Gasteiger partial charge in [0.05, 0.1) is 18.7 Å². The van der Waals surface area contributed by atoms with Gasteiger partial charge in [-0.2, -0.15) is 0 Å². The van der Waals surface area contributed by atoms with Crippen LogP contribution in [0.3, 0.4) is 0 Å². The molecular formula is C21H20ClNO2. The van der Waals surface area contributed by atoms with Gasteiger partial charge in [0.15, 0.2) is 0 Å². The summed E-state index contributed by atoms with van der Waals surface area (Å²) >= 11 is 6.06. The average molecular weight is 354 g/mol. The van der Waals surface area contributed by atoms with E-state index in [-0.39, 0.29) is 17.9 Å². The fourth-order valence-electron chi connectivity index (χ4n) is 4.14. The Morgan fingerprint density at radius 3 is 2.68 bits per heavy atom. The molecule has 25 heavy (non-hydrogen) atoms. The number of anilines is 1. The van der Waals surface area contributed by atoms with Crippen LogP contribution in [-0.2, 0) is 4.74 Å². The van der Waals surface area contributed by atoms with Crippen LogP contribution in [0.25, 0.3) is 0 Å². The van der Waals surface area contributed by atoms with Crippen molar-refractivity contribution in [3.8, 4) is 0 Å². The van der Waals surface area contributed by atoms with Crippen molar-refractivity contribution in [2.75, 3.05) is 12.4 Å². The molecule has 1 N–H and O–H groups in total. The standard InChI is InChI=1S/C21H20ClNO2/c1-12-6-11-17(21(24)25-2)18-15-4-3-5-16(15)20(23-19(12)18)13-7-9-14(22)10-8-13/h3-4,6-11,15-16,20,23H,5H2,1-2H3/t15-,16-,20+/m0/s1. The number of hydrogen-bond acceptors (Lipinski definition) is 3. The average Bonchev–Trinajstić information content (AvgIpc) is 3.11. The lowest BCUT2D eigenvalue weighted by Gasteiger charge is -2.39. The molecule has 3 atom stereocenters. The van der Waals surface area contributed by atoms with Crippen LogP contribution in [0.4, 0.5) is 5.69 Å². The van der Waals surface area contributed by atoms with E-state index in [9.17, 15) is 4.79 Å². The highest BCUT2D eigenvalue weighted by atomic mass is 35.5. The van der Waals surface area contributed by atoms with E-state index >= 15 is 0 Å². The van der Waals surface area contributed by atoms with Gasteiger partial charge in [-0.1, -0.05) is 42.0 Å². The van der Waals surface area contributed by atoms with Crippen LogP contribution in [0.1, 0.15) is 45.4 Å². The minimum absolute atomic E-state index is 0.191. The molecule has 0 amide bonds. The Kier molecular flexibility index (Phi) is 4.04. The lowest BCUT2D eigenvalue weighted by Crippen LogP contribution is -2.31. The van der Waals surface area contributed by atoms with Gasteiger partial charge in [-0.25, -0.2) is 4.79 Å². The highest BCUT2D eigenvalue weighted by Crippen LogP contribution is 2.51. The highest BCUT2D eigenvalue weighted by molar-refractivity contribution is 6.30. The summed E-state index contributed by atoms with van der Waals surface area (Å²) in [6.07, 6.45) is 5.44. The number of esters is 1. The fraction of sp³-hybridized carbons (Fsp3) is 0.286. The Bertz CT molecular complexity index is 857. The number of carbonyl (C=O) groups excluding carboxylic acids is 1. The molecule has 2 aromatic rings. The second-order valence-electron chi connectivity index (χ2n) is 6.74. The van der Waals surface area contributed by atoms with Crippen molar-refractivity contribution < 1.29 is 9.53 Å². The first-order valence-corrected chi connectivity index (χ1v) is 8.88. The Morgan fingerprint density at radius 1 is 1.20 bits per heavy atom. The summed E-state index contributed by atoms with van der Waals surface area (Å²) in [5.74, 6) is 0.312. The topological polar surface area (TPSA) is 38.3 Å². The second-order valence-corrected chi connectivity index (χ2v) is 7.17. The number of halogens is 1. The minimum Gasteiger partial charge on any atom is -0.465 e. The summed E-state index contributed by atoms with van der Waals surface area (Å²) in [5, 5.41) is 4.44. The summed E-state index contributed by atoms with van der Waals surface area (Å²) < 4.78 is 5.01. The summed E-state index contributed by atoms with van der Waals surface area (Å²) in [4.78, 5) is 12.3. The molecule has 4 heteroatoms. The van der Waals surface area contributed by atoms with Gasteiger partial charge in [0, 0.05) is 16.6 Å². The third-order valence-electron chi connectivity index (χ3n) is 5.36. The molecule has 4 rings (SSSR count). The molecule has 2 aromatic carbocycles. The van der Waals surface area contributed by atoms with Gasteiger partial charge < -0.3 is 10.1 Å². The maximum Gasteiger partial charge on any atom is 0.338 e. The molecule has 1 aliphatic carbocycles. The number of carbonyl (C=O) groups is 1. The maximum atomic E-state index is 12.3. The van der Waals surface area contributed by atoms with Crippen molar-refractivity contribution in [3.05, 3.63) is 75.8 Å². The lowest BCUT2D eigenvalue weighted by molar-refractivity contribution is 0.0598. The smallest absolute Gasteiger partial charge is 0.338 e. The quantitative estimate of drug-likeness (QED) is 0.591. The van der Waals surface area contributed by atoms with Crippen molar-refractivity contribution in [1.82, 2.24) is 0 Å². The molecule has 0 radical (unpaired) electrons. The summed E-state index contributed by atoms with van der Waals surface area (Å²) in [6, 6.07) is 12.1. The molecule has 1 heterocycles. The van der Waals surface area contributed by atoms with E-state index in [0.29, 0.717) is 11.5 Å². The number of fused-ring (bicyclic) bond motifs is 3. The van der Waals surface area contributed by atoms with E-state index in [1.165, 1.54) is 12.7 Å². The number of aryl methyl sites for hydroxylation is 1. The first-order chi connectivity index (χ1) is 12.1. The third kappa shape index (κ3) is 2.63. The zero-order valence-corrected chi connectivity index (χ0v) is 15.0. The molecule has 0 aromatic heterocycles. The number of nitrogens with one attached hydrogen (secondary N) is 1. The number of benzene rings is 2. The zero-order chi connectivity index (χ0) is 17.6. The SMILES string of the molecule is COC(=O)c1ccc(C)c2c1[C@H]1C=CC[C@@H]1[C@@H](c1ccc(Cl)cc1)N2. The van der Waals surface area contributed by atoms with Crippen LogP contribution in [0.2, 0.25) is 5.02 Å². The van der Waals surface area contributed by atoms with Crippen LogP contribution < -0.4 is 5.32 Å². The molecule has 0 fully saturated rings. The molecule has 128 valence electrons. The summed E-state index contributed by atoms with van der Waals surface area (Å²) in [6.45, 7) is 2.07. The Morgan fingerprint density at radius 2 is 1.96 bits per heavy atom. The molecule has 0 unspecified atom stereocenters. The van der Waals surface area contributed by atoms with Crippen LogP contribution in [-0.4, -0.2) is 13.1 Å². The lowest BCUT2D eigenvalue weighted by atomic mass is 9.75. The predicted octanol–water partition coefficient (Wildman–Crippen LogP) is 5.26. The van der Waals surface area contributed by atoms with E-state index < -0.39 is 0 Å². The molecule has 0 bridgehead atoms. The normalized spacial score (nSPS) is 23.6. The van der Waals surface area contributed by atoms with Gasteiger partial charge in [-0.15, -0.1) is 0 Å².